The van der Waals surface area contributed by atoms with Crippen LogP contribution in [-0.2, 0) is 31.8 Å². The van der Waals surface area contributed by atoms with E-state index in [-0.39, 0.29) is 36.5 Å². The van der Waals surface area contributed by atoms with Crippen LogP contribution in [0.4, 0.5) is 35.9 Å². The Kier molecular flexibility index (Phi) is 20.5. The Balaban J connectivity index is 0.000000341. The molecule has 0 unspecified atom stereocenters. The molecule has 0 amide bonds. The van der Waals surface area contributed by atoms with Crippen LogP contribution in [0.3, 0.4) is 0 Å². The number of rotatable bonds is 5. The van der Waals surface area contributed by atoms with E-state index in [0.717, 1.165) is 39.1 Å². The van der Waals surface area contributed by atoms with Gasteiger partial charge in [0.1, 0.15) is 5.69 Å². The molecule has 0 atom stereocenters. The van der Waals surface area contributed by atoms with Crippen molar-refractivity contribution in [3.63, 3.8) is 0 Å². The number of hydrogen-bond acceptors (Lipinski definition) is 8. The lowest BCUT2D eigenvalue weighted by Gasteiger charge is -2.06. The predicted molar refractivity (Wildman–Crippen MR) is 201 cm³/mol. The van der Waals surface area contributed by atoms with E-state index >= 15 is 0 Å². The highest BCUT2D eigenvalue weighted by Gasteiger charge is 2.31. The lowest BCUT2D eigenvalue weighted by Crippen LogP contribution is -2.03. The van der Waals surface area contributed by atoms with Gasteiger partial charge in [-0.25, -0.2) is 19.2 Å². The summed E-state index contributed by atoms with van der Waals surface area (Å²) < 4.78 is 38.1. The largest absolute Gasteiger partial charge is 0.416 e. The summed E-state index contributed by atoms with van der Waals surface area (Å²) in [5.41, 5.74) is 2.16. The Morgan fingerprint density at radius 2 is 1.16 bits per heavy atom. The van der Waals surface area contributed by atoms with Gasteiger partial charge in [-0.15, -0.1) is 0 Å². The van der Waals surface area contributed by atoms with E-state index in [1.807, 2.05) is 31.2 Å². The predicted octanol–water partition coefficient (Wildman–Crippen LogP) is 14.0. The molecule has 0 aliphatic heterocycles. The maximum absolute atomic E-state index is 12.2. The molecule has 4 aromatic rings. The molecular weight excluding hydrogens is 934 g/mol. The first-order valence-corrected chi connectivity index (χ1v) is 17.1. The molecule has 19 heteroatoms. The summed E-state index contributed by atoms with van der Waals surface area (Å²) in [6.45, 7) is 3.90. The summed E-state index contributed by atoms with van der Waals surface area (Å²) in [5, 5.41) is 0.933. The minimum atomic E-state index is -4.47. The van der Waals surface area contributed by atoms with Crippen molar-refractivity contribution in [1.29, 1.82) is 0 Å². The van der Waals surface area contributed by atoms with Crippen molar-refractivity contribution in [3.8, 4) is 0 Å². The summed E-state index contributed by atoms with van der Waals surface area (Å²) in [6, 6.07) is 13.1. The molecule has 0 bridgehead atoms. The smallest absolute Gasteiger partial charge is 0.211 e. The number of nitrogens with zero attached hydrogens (tertiary/aromatic N) is 4. The molecule has 0 saturated heterocycles. The van der Waals surface area contributed by atoms with Crippen LogP contribution in [0.15, 0.2) is 83.5 Å². The van der Waals surface area contributed by atoms with Crippen molar-refractivity contribution in [1.82, 2.24) is 0 Å². The highest BCUT2D eigenvalue weighted by atomic mass is 79.9. The van der Waals surface area contributed by atoms with Gasteiger partial charge in [0.2, 0.25) is 24.3 Å². The molecule has 0 fully saturated rings. The highest BCUT2D eigenvalue weighted by Crippen LogP contribution is 2.42. The highest BCUT2D eigenvalue weighted by molar-refractivity contribution is 9.11. The number of hydrogen-bond donors (Lipinski definition) is 0. The average molecular weight is 951 g/mol. The molecule has 0 spiro atoms. The van der Waals surface area contributed by atoms with Crippen molar-refractivity contribution in [2.45, 2.75) is 26.4 Å². The van der Waals surface area contributed by atoms with Gasteiger partial charge in [0.15, 0.2) is 0 Å². The van der Waals surface area contributed by atoms with Crippen molar-refractivity contribution >= 4 is 149 Å². The normalized spacial score (nSPS) is 9.75. The van der Waals surface area contributed by atoms with Crippen molar-refractivity contribution in [3.05, 3.63) is 110 Å². The number of aryl methyl sites for hydroxylation is 2. The third-order valence-corrected chi connectivity index (χ3v) is 9.25. The van der Waals surface area contributed by atoms with Crippen LogP contribution in [0, 0.1) is 6.92 Å². The van der Waals surface area contributed by atoms with E-state index in [9.17, 15) is 32.3 Å². The zero-order valence-electron chi connectivity index (χ0n) is 25.5. The SMILES string of the molecule is CCc1cc(Br)c(N=C=O)c(Br)c1.Cc1cccc(Cl)c1N=C=O.O=C=Nc1cc(C(F)(F)F)ccc1Cl.O=C=Nc1cc(Cl)c(Cl)c(Cl)c1Cl. The van der Waals surface area contributed by atoms with E-state index in [2.05, 4.69) is 58.8 Å². The van der Waals surface area contributed by atoms with E-state index in [0.29, 0.717) is 22.5 Å². The van der Waals surface area contributed by atoms with Gasteiger partial charge in [-0.1, -0.05) is 88.7 Å². The third-order valence-electron chi connectivity index (χ3n) is 5.68. The summed E-state index contributed by atoms with van der Waals surface area (Å²) in [4.78, 5) is 53.2. The number of aliphatic imine (C=N–C) groups is 4. The molecule has 0 N–H and O–H groups in total. The molecule has 0 aliphatic rings. The summed E-state index contributed by atoms with van der Waals surface area (Å²) in [7, 11) is 0. The molecule has 0 aromatic heterocycles. The number of isocyanates is 4. The van der Waals surface area contributed by atoms with Crippen LogP contribution < -0.4 is 0 Å². The van der Waals surface area contributed by atoms with Crippen molar-refractivity contribution in [2.24, 2.45) is 20.0 Å². The van der Waals surface area contributed by atoms with Gasteiger partial charge in [0.25, 0.3) is 0 Å². The fourth-order valence-electron chi connectivity index (χ4n) is 3.30. The second-order valence-corrected chi connectivity index (χ2v) is 13.0. The molecule has 51 heavy (non-hydrogen) atoms. The maximum Gasteiger partial charge on any atom is 0.416 e. The van der Waals surface area contributed by atoms with E-state index in [1.165, 1.54) is 29.9 Å². The summed E-state index contributed by atoms with van der Waals surface area (Å²) in [6.07, 6.45) is 1.90. The van der Waals surface area contributed by atoms with Gasteiger partial charge in [-0.3, -0.25) is 0 Å². The molecule has 266 valence electrons. The van der Waals surface area contributed by atoms with Gasteiger partial charge in [0, 0.05) is 8.95 Å². The van der Waals surface area contributed by atoms with Gasteiger partial charge in [-0.05, 0) is 98.8 Å². The van der Waals surface area contributed by atoms with Gasteiger partial charge >= 0.3 is 6.18 Å². The van der Waals surface area contributed by atoms with Gasteiger partial charge in [0.05, 0.1) is 52.8 Å². The number of carbonyl (C=O) groups excluding carboxylic acids is 4. The van der Waals surface area contributed by atoms with E-state index in [1.54, 1.807) is 6.07 Å². The Morgan fingerprint density at radius 1 is 0.627 bits per heavy atom. The topological polar surface area (TPSA) is 118 Å². The Labute approximate surface area is 335 Å². The monoisotopic (exact) mass is 946 g/mol. The quantitative estimate of drug-likeness (QED) is 0.0857. The second-order valence-electron chi connectivity index (χ2n) is 8.96. The van der Waals surface area contributed by atoms with E-state index < -0.39 is 11.7 Å². The fourth-order valence-corrected chi connectivity index (χ4v) is 6.02. The minimum Gasteiger partial charge on any atom is -0.211 e. The zero-order chi connectivity index (χ0) is 38.9. The summed E-state index contributed by atoms with van der Waals surface area (Å²) in [5.74, 6) is 0. The van der Waals surface area contributed by atoms with Gasteiger partial charge < -0.3 is 0 Å². The number of halogens is 11. The van der Waals surface area contributed by atoms with E-state index in [4.69, 9.17) is 69.6 Å². The molecule has 0 aliphatic carbocycles. The van der Waals surface area contributed by atoms with Gasteiger partial charge in [-0.2, -0.15) is 33.1 Å². The first-order valence-electron chi connectivity index (χ1n) is 13.2. The van der Waals surface area contributed by atoms with Crippen LogP contribution in [0.25, 0.3) is 0 Å². The van der Waals surface area contributed by atoms with Crippen LogP contribution in [0.2, 0.25) is 30.1 Å². The van der Waals surface area contributed by atoms with Crippen LogP contribution in [0.1, 0.15) is 23.6 Å². The standard InChI is InChI=1S/C9H7Br2NO.C8H3ClF3NO.C8H6ClNO.C7HCl4NO/c1-2-6-3-7(10)9(12-5-13)8(11)4-6;9-6-2-1-5(8(10,11)12)3-7(6)13-4-14;1-6-3-2-4-7(9)8(6)10-5-11;8-3-1-4(12-2-13)6(10)7(11)5(3)9/h3-4H,2H2,1H3;1-3H;2-4H,1H3;1H. The lowest BCUT2D eigenvalue weighted by molar-refractivity contribution is -0.137. The Hall–Kier alpha value is -3.11. The van der Waals surface area contributed by atoms with Crippen molar-refractivity contribution < 1.29 is 32.3 Å². The Bertz CT molecular complexity index is 2040. The molecule has 4 aromatic carbocycles. The number of benzene rings is 4. The molecular formula is C32H17Br2Cl6F3N4O4. The molecule has 0 saturated carbocycles. The van der Waals surface area contributed by atoms with Crippen LogP contribution >= 0.6 is 101 Å². The fraction of sp³-hybridized carbons (Fsp3) is 0.125. The maximum atomic E-state index is 12.2. The van der Waals surface area contributed by atoms with Crippen LogP contribution in [0.5, 0.6) is 0 Å². The molecule has 8 nitrogen and oxygen atoms in total. The number of alkyl halides is 3. The van der Waals surface area contributed by atoms with Crippen LogP contribution in [-0.4, -0.2) is 24.3 Å². The summed E-state index contributed by atoms with van der Waals surface area (Å²) >= 11 is 40.6. The first kappa shape index (κ1) is 45.9. The molecule has 4 rings (SSSR count). The molecule has 0 heterocycles. The zero-order valence-corrected chi connectivity index (χ0v) is 33.2. The average Bonchev–Trinajstić information content (AvgIpc) is 3.07. The lowest BCUT2D eigenvalue weighted by atomic mass is 10.1. The minimum absolute atomic E-state index is 0.0265. The first-order chi connectivity index (χ1) is 24.0. The second kappa shape index (κ2) is 22.7. The third kappa shape index (κ3) is 14.8. The number of para-hydroxylation sites is 1. The molecule has 0 radical (unpaired) electrons. The Morgan fingerprint density at radius 3 is 1.65 bits per heavy atom. The van der Waals surface area contributed by atoms with Crippen molar-refractivity contribution in [2.75, 3.05) is 0 Å².